The van der Waals surface area contributed by atoms with Gasteiger partial charge in [0.2, 0.25) is 0 Å². The van der Waals surface area contributed by atoms with Crippen LogP contribution < -0.4 is 9.47 Å². The minimum atomic E-state index is -0.0852. The molecule has 0 saturated carbocycles. The van der Waals surface area contributed by atoms with Gasteiger partial charge in [0.1, 0.15) is 17.6 Å². The van der Waals surface area contributed by atoms with Crippen molar-refractivity contribution in [1.29, 1.82) is 5.26 Å². The van der Waals surface area contributed by atoms with E-state index in [1.54, 1.807) is 18.2 Å². The summed E-state index contributed by atoms with van der Waals surface area (Å²) in [4.78, 5) is 10.7. The maximum absolute atomic E-state index is 10.7. The van der Waals surface area contributed by atoms with E-state index in [1.165, 1.54) is 0 Å². The normalized spacial score (nSPS) is 9.25. The van der Waals surface area contributed by atoms with E-state index < -0.39 is 0 Å². The summed E-state index contributed by atoms with van der Waals surface area (Å²) in [5.74, 6) is 1.02. The van der Waals surface area contributed by atoms with Crippen molar-refractivity contribution in [3.8, 4) is 17.6 Å². The van der Waals surface area contributed by atoms with Crippen molar-refractivity contribution in [2.75, 3.05) is 13.2 Å². The average Bonchev–Trinajstić information content (AvgIpc) is 2.33. The molecule has 0 aliphatic rings. The summed E-state index contributed by atoms with van der Waals surface area (Å²) in [6, 6.07) is 6.80. The Balaban J connectivity index is 2.83. The molecule has 1 aromatic carbocycles. The first-order chi connectivity index (χ1) is 7.81. The highest BCUT2D eigenvalue weighted by Crippen LogP contribution is 2.23. The Bertz CT molecular complexity index is 396. The number of rotatable bonds is 6. The monoisotopic (exact) mass is 219 g/mol. The van der Waals surface area contributed by atoms with Crippen LogP contribution in [0.25, 0.3) is 0 Å². The van der Waals surface area contributed by atoms with E-state index in [-0.39, 0.29) is 6.61 Å². The standard InChI is InChI=1S/C12H13NO3/c1-2-6-15-11-4-3-10(9-14)12(8-11)16-7-5-13/h3-4,8-9H,2,6-7H2,1H3. The number of nitriles is 1. The fraction of sp³-hybridized carbons (Fsp3) is 0.333. The predicted molar refractivity (Wildman–Crippen MR) is 58.7 cm³/mol. The van der Waals surface area contributed by atoms with E-state index in [0.29, 0.717) is 30.0 Å². The lowest BCUT2D eigenvalue weighted by Gasteiger charge is -2.08. The van der Waals surface area contributed by atoms with Crippen molar-refractivity contribution in [2.24, 2.45) is 0 Å². The Kier molecular flexibility index (Phi) is 4.87. The lowest BCUT2D eigenvalue weighted by molar-refractivity contribution is 0.112. The summed E-state index contributed by atoms with van der Waals surface area (Å²) >= 11 is 0. The molecular weight excluding hydrogens is 206 g/mol. The van der Waals surface area contributed by atoms with Crippen LogP contribution in [0.5, 0.6) is 11.5 Å². The van der Waals surface area contributed by atoms with Gasteiger partial charge in [-0.2, -0.15) is 5.26 Å². The lowest BCUT2D eigenvalue weighted by atomic mass is 10.2. The molecule has 84 valence electrons. The van der Waals surface area contributed by atoms with Gasteiger partial charge in [0, 0.05) is 6.07 Å². The minimum Gasteiger partial charge on any atom is -0.493 e. The van der Waals surface area contributed by atoms with E-state index >= 15 is 0 Å². The Morgan fingerprint density at radius 2 is 2.25 bits per heavy atom. The predicted octanol–water partition coefficient (Wildman–Crippen LogP) is 2.19. The zero-order chi connectivity index (χ0) is 11.8. The molecule has 0 heterocycles. The molecule has 1 aromatic rings. The number of hydrogen-bond donors (Lipinski definition) is 0. The third-order valence-corrected chi connectivity index (χ3v) is 1.88. The van der Waals surface area contributed by atoms with Gasteiger partial charge in [-0.3, -0.25) is 4.79 Å². The second-order valence-corrected chi connectivity index (χ2v) is 3.11. The van der Waals surface area contributed by atoms with E-state index in [9.17, 15) is 4.79 Å². The number of carbonyl (C=O) groups excluding carboxylic acids is 1. The van der Waals surface area contributed by atoms with Crippen LogP contribution in [-0.4, -0.2) is 19.5 Å². The summed E-state index contributed by atoms with van der Waals surface area (Å²) in [5.41, 5.74) is 0.416. The molecule has 0 aromatic heterocycles. The zero-order valence-corrected chi connectivity index (χ0v) is 9.10. The number of ether oxygens (including phenoxy) is 2. The largest absolute Gasteiger partial charge is 0.493 e. The van der Waals surface area contributed by atoms with Crippen molar-refractivity contribution in [1.82, 2.24) is 0 Å². The second kappa shape index (κ2) is 6.46. The molecule has 0 spiro atoms. The maximum atomic E-state index is 10.7. The van der Waals surface area contributed by atoms with Crippen LogP contribution in [0.2, 0.25) is 0 Å². The van der Waals surface area contributed by atoms with Gasteiger partial charge in [-0.15, -0.1) is 0 Å². The number of carbonyl (C=O) groups is 1. The van der Waals surface area contributed by atoms with Gasteiger partial charge >= 0.3 is 0 Å². The van der Waals surface area contributed by atoms with E-state index in [0.717, 1.165) is 6.42 Å². The van der Waals surface area contributed by atoms with Crippen LogP contribution >= 0.6 is 0 Å². The van der Waals surface area contributed by atoms with Gasteiger partial charge in [0.15, 0.2) is 12.9 Å². The van der Waals surface area contributed by atoms with Gasteiger partial charge in [-0.25, -0.2) is 0 Å². The quantitative estimate of drug-likeness (QED) is 0.688. The Morgan fingerprint density at radius 1 is 1.44 bits per heavy atom. The van der Waals surface area contributed by atoms with E-state index in [4.69, 9.17) is 14.7 Å². The minimum absolute atomic E-state index is 0.0852. The fourth-order valence-corrected chi connectivity index (χ4v) is 1.16. The molecule has 0 fully saturated rings. The molecule has 0 bridgehead atoms. The van der Waals surface area contributed by atoms with Crippen LogP contribution in [0, 0.1) is 11.3 Å². The molecule has 4 heteroatoms. The van der Waals surface area contributed by atoms with Gasteiger partial charge in [-0.05, 0) is 18.6 Å². The number of nitrogens with zero attached hydrogens (tertiary/aromatic N) is 1. The maximum Gasteiger partial charge on any atom is 0.174 e. The SMILES string of the molecule is CCCOc1ccc(C=O)c(OCC#N)c1. The van der Waals surface area contributed by atoms with Gasteiger partial charge in [0.25, 0.3) is 0 Å². The molecule has 0 amide bonds. The summed E-state index contributed by atoms with van der Waals surface area (Å²) in [7, 11) is 0. The molecule has 0 aliphatic heterocycles. The molecule has 1 rings (SSSR count). The molecule has 0 N–H and O–H groups in total. The molecule has 16 heavy (non-hydrogen) atoms. The van der Waals surface area contributed by atoms with Crippen molar-refractivity contribution in [3.05, 3.63) is 23.8 Å². The summed E-state index contributed by atoms with van der Waals surface area (Å²) in [6.45, 7) is 2.53. The smallest absolute Gasteiger partial charge is 0.174 e. The molecule has 0 radical (unpaired) electrons. The van der Waals surface area contributed by atoms with Crippen molar-refractivity contribution in [3.63, 3.8) is 0 Å². The zero-order valence-electron chi connectivity index (χ0n) is 9.10. The van der Waals surface area contributed by atoms with Crippen molar-refractivity contribution >= 4 is 6.29 Å². The fourth-order valence-electron chi connectivity index (χ4n) is 1.16. The Morgan fingerprint density at radius 3 is 2.88 bits per heavy atom. The van der Waals surface area contributed by atoms with Gasteiger partial charge < -0.3 is 9.47 Å². The first kappa shape index (κ1) is 12.1. The first-order valence-electron chi connectivity index (χ1n) is 5.03. The third kappa shape index (κ3) is 3.28. The Hall–Kier alpha value is -2.02. The highest BCUT2D eigenvalue weighted by atomic mass is 16.5. The number of benzene rings is 1. The molecule has 0 saturated heterocycles. The summed E-state index contributed by atoms with van der Waals surface area (Å²) in [6.07, 6.45) is 1.60. The van der Waals surface area contributed by atoms with Gasteiger partial charge in [-0.1, -0.05) is 6.92 Å². The molecule has 0 unspecified atom stereocenters. The van der Waals surface area contributed by atoms with Crippen molar-refractivity contribution < 1.29 is 14.3 Å². The van der Waals surface area contributed by atoms with Crippen molar-refractivity contribution in [2.45, 2.75) is 13.3 Å². The van der Waals surface area contributed by atoms with Crippen LogP contribution in [0.3, 0.4) is 0 Å². The summed E-state index contributed by atoms with van der Waals surface area (Å²) < 4.78 is 10.5. The first-order valence-corrected chi connectivity index (χ1v) is 5.03. The second-order valence-electron chi connectivity index (χ2n) is 3.11. The molecule has 4 nitrogen and oxygen atoms in total. The molecular formula is C12H13NO3. The van der Waals surface area contributed by atoms with E-state index in [2.05, 4.69) is 0 Å². The topological polar surface area (TPSA) is 59.3 Å². The molecule has 0 aliphatic carbocycles. The summed E-state index contributed by atoms with van der Waals surface area (Å²) in [5, 5.41) is 8.41. The van der Waals surface area contributed by atoms with Crippen LogP contribution in [0.15, 0.2) is 18.2 Å². The third-order valence-electron chi connectivity index (χ3n) is 1.88. The van der Waals surface area contributed by atoms with Crippen LogP contribution in [0.4, 0.5) is 0 Å². The highest BCUT2D eigenvalue weighted by molar-refractivity contribution is 5.79. The van der Waals surface area contributed by atoms with Crippen LogP contribution in [-0.2, 0) is 0 Å². The number of aldehydes is 1. The highest BCUT2D eigenvalue weighted by Gasteiger charge is 2.05. The van der Waals surface area contributed by atoms with E-state index in [1.807, 2.05) is 13.0 Å². The average molecular weight is 219 g/mol. The molecule has 0 atom stereocenters. The Labute approximate surface area is 94.4 Å². The van der Waals surface area contributed by atoms with Crippen LogP contribution in [0.1, 0.15) is 23.7 Å². The van der Waals surface area contributed by atoms with Gasteiger partial charge in [0.05, 0.1) is 12.2 Å². The number of hydrogen-bond acceptors (Lipinski definition) is 4. The lowest BCUT2D eigenvalue weighted by Crippen LogP contribution is -2.00.